The smallest absolute Gasteiger partial charge is 0.411 e. The van der Waals surface area contributed by atoms with Crippen molar-refractivity contribution in [2.75, 3.05) is 33.0 Å². The quantitative estimate of drug-likeness (QED) is 0.199. The van der Waals surface area contributed by atoms with Gasteiger partial charge >= 0.3 is 12.1 Å². The predicted molar refractivity (Wildman–Crippen MR) is 145 cm³/mol. The predicted octanol–water partition coefficient (Wildman–Crippen LogP) is 4.00. The zero-order valence-electron chi connectivity index (χ0n) is 23.3. The number of ketones is 2. The van der Waals surface area contributed by atoms with E-state index in [2.05, 4.69) is 4.74 Å². The van der Waals surface area contributed by atoms with Crippen LogP contribution >= 0.6 is 0 Å². The summed E-state index contributed by atoms with van der Waals surface area (Å²) in [5.41, 5.74) is 1.22. The third-order valence-electron chi connectivity index (χ3n) is 6.48. The second-order valence-electron chi connectivity index (χ2n) is 10.7. The fraction of sp³-hybridized carbons (Fsp3) is 0.433. The Hall–Kier alpha value is -4.41. The lowest BCUT2D eigenvalue weighted by atomic mass is 9.98. The van der Waals surface area contributed by atoms with Crippen molar-refractivity contribution in [2.45, 2.75) is 51.7 Å². The number of esters is 1. The van der Waals surface area contributed by atoms with E-state index in [1.807, 2.05) is 0 Å². The van der Waals surface area contributed by atoms with E-state index in [-0.39, 0.29) is 24.4 Å². The average Bonchev–Trinajstić information content (AvgIpc) is 3.46. The number of amides is 1. The Morgan fingerprint density at radius 1 is 0.902 bits per heavy atom. The van der Waals surface area contributed by atoms with Crippen LogP contribution in [0.5, 0.6) is 11.5 Å². The molecule has 0 radical (unpaired) electrons. The second kappa shape index (κ2) is 12.8. The first-order valence-electron chi connectivity index (χ1n) is 13.4. The molecule has 1 atom stereocenters. The van der Waals surface area contributed by atoms with Gasteiger partial charge in [-0.25, -0.2) is 9.59 Å². The fourth-order valence-corrected chi connectivity index (χ4v) is 4.56. The molecule has 2 heterocycles. The number of hydrogen-bond donors (Lipinski definition) is 0. The van der Waals surface area contributed by atoms with Crippen molar-refractivity contribution in [3.8, 4) is 22.6 Å². The number of carbonyl (C=O) groups excluding carboxylic acids is 5. The highest BCUT2D eigenvalue weighted by Crippen LogP contribution is 2.39. The number of nitrogens with zero attached hydrogens (tertiary/aromatic N) is 1. The van der Waals surface area contributed by atoms with Crippen molar-refractivity contribution >= 4 is 30.1 Å². The van der Waals surface area contributed by atoms with Gasteiger partial charge in [0.25, 0.3) is 6.47 Å². The van der Waals surface area contributed by atoms with Gasteiger partial charge in [-0.15, -0.1) is 0 Å². The maximum absolute atomic E-state index is 13.0. The molecule has 2 aromatic carbocycles. The average molecular weight is 568 g/mol. The summed E-state index contributed by atoms with van der Waals surface area (Å²) in [6.45, 7) is 5.63. The van der Waals surface area contributed by atoms with Gasteiger partial charge in [-0.1, -0.05) is 12.1 Å². The van der Waals surface area contributed by atoms with E-state index < -0.39 is 36.1 Å². The van der Waals surface area contributed by atoms with Crippen LogP contribution < -0.4 is 9.47 Å². The lowest BCUT2D eigenvalue weighted by Gasteiger charge is -2.27. The van der Waals surface area contributed by atoms with Gasteiger partial charge in [-0.3, -0.25) is 19.3 Å². The molecule has 2 aliphatic heterocycles. The minimum Gasteiger partial charge on any atom is -0.493 e. The van der Waals surface area contributed by atoms with E-state index in [9.17, 15) is 24.0 Å². The summed E-state index contributed by atoms with van der Waals surface area (Å²) >= 11 is 0. The molecule has 0 aliphatic carbocycles. The highest BCUT2D eigenvalue weighted by atomic mass is 16.6. The van der Waals surface area contributed by atoms with Gasteiger partial charge in [0.1, 0.15) is 23.1 Å². The first-order valence-corrected chi connectivity index (χ1v) is 13.4. The molecule has 0 aromatic heterocycles. The number of rotatable bonds is 8. The Kier molecular flexibility index (Phi) is 9.26. The lowest BCUT2D eigenvalue weighted by Crippen LogP contribution is -2.44. The van der Waals surface area contributed by atoms with Crippen LogP contribution in [0.25, 0.3) is 11.1 Å². The van der Waals surface area contributed by atoms with Crippen molar-refractivity contribution in [1.29, 1.82) is 0 Å². The van der Waals surface area contributed by atoms with Crippen molar-refractivity contribution in [1.82, 2.24) is 4.90 Å². The topological polar surface area (TPSA) is 135 Å². The van der Waals surface area contributed by atoms with Gasteiger partial charge in [0.15, 0.2) is 24.8 Å². The molecular formula is C30H33NO10. The van der Waals surface area contributed by atoms with Gasteiger partial charge in [0.05, 0.1) is 13.2 Å². The third kappa shape index (κ3) is 7.41. The van der Waals surface area contributed by atoms with Gasteiger partial charge in [-0.2, -0.15) is 0 Å². The summed E-state index contributed by atoms with van der Waals surface area (Å²) in [4.78, 5) is 62.4. The number of carbonyl (C=O) groups is 5. The molecular weight excluding hydrogens is 534 g/mol. The molecule has 1 amide bonds. The molecule has 0 saturated carbocycles. The van der Waals surface area contributed by atoms with Gasteiger partial charge < -0.3 is 23.7 Å². The zero-order chi connectivity index (χ0) is 29.6. The number of ether oxygens (including phenoxy) is 5. The largest absolute Gasteiger partial charge is 0.493 e. The molecule has 1 fully saturated rings. The number of benzene rings is 2. The Balaban J connectivity index is 1.47. The molecule has 11 nitrogen and oxygen atoms in total. The van der Waals surface area contributed by atoms with E-state index in [4.69, 9.17) is 18.9 Å². The van der Waals surface area contributed by atoms with Crippen molar-refractivity contribution in [3.05, 3.63) is 47.5 Å². The fourth-order valence-electron chi connectivity index (χ4n) is 4.56. The second-order valence-corrected chi connectivity index (χ2v) is 10.7. The number of fused-ring (bicyclic) bond motifs is 3. The highest BCUT2D eigenvalue weighted by molar-refractivity contribution is 6.00. The van der Waals surface area contributed by atoms with Crippen LogP contribution in [-0.4, -0.2) is 79.6 Å². The zero-order valence-corrected chi connectivity index (χ0v) is 23.3. The van der Waals surface area contributed by atoms with Crippen LogP contribution in [0.3, 0.4) is 0 Å². The first-order chi connectivity index (χ1) is 19.6. The minimum atomic E-state index is -0.807. The van der Waals surface area contributed by atoms with Crippen LogP contribution in [-0.2, 0) is 23.8 Å². The normalized spacial score (nSPS) is 16.4. The third-order valence-corrected chi connectivity index (χ3v) is 6.48. The standard InChI is InChI=1S/C30H33NO10/c1-30(2,3)41-29(36)31-11-4-6-23(31)28(35)40-17-25(34)20-8-10-22-21-9-7-19(24(33)16-37-18-32)14-26(21)38-12-5-13-39-27(22)15-20/h7-10,14-15,18,23H,4-6,11-13,16-17H2,1-3H3. The van der Waals surface area contributed by atoms with E-state index >= 15 is 0 Å². The molecule has 11 heteroatoms. The molecule has 0 spiro atoms. The molecule has 41 heavy (non-hydrogen) atoms. The lowest BCUT2D eigenvalue weighted by molar-refractivity contribution is -0.147. The van der Waals surface area contributed by atoms with E-state index in [0.717, 1.165) is 0 Å². The van der Waals surface area contributed by atoms with Crippen LogP contribution in [0.15, 0.2) is 36.4 Å². The SMILES string of the molecule is CC(C)(C)OC(=O)N1CCCC1C(=O)OCC(=O)c1ccc2c(c1)OCCCOc1cc(C(=O)COC=O)ccc1-2. The molecule has 4 rings (SSSR count). The molecule has 218 valence electrons. The molecule has 1 saturated heterocycles. The van der Waals surface area contributed by atoms with E-state index in [1.54, 1.807) is 57.2 Å². The summed E-state index contributed by atoms with van der Waals surface area (Å²) in [5, 5.41) is 0. The van der Waals surface area contributed by atoms with Gasteiger partial charge in [-0.05, 0) is 57.9 Å². The monoisotopic (exact) mass is 567 g/mol. The summed E-state index contributed by atoms with van der Waals surface area (Å²) in [6.07, 6.45) is 1.02. The maximum atomic E-state index is 13.0. The molecule has 2 aromatic rings. The van der Waals surface area contributed by atoms with Crippen molar-refractivity contribution in [2.24, 2.45) is 0 Å². The Bertz CT molecular complexity index is 1330. The van der Waals surface area contributed by atoms with E-state index in [0.29, 0.717) is 67.2 Å². The Labute approximate surface area is 237 Å². The van der Waals surface area contributed by atoms with Crippen LogP contribution in [0.1, 0.15) is 60.7 Å². The summed E-state index contributed by atoms with van der Waals surface area (Å²) in [5.74, 6) is -0.575. The van der Waals surface area contributed by atoms with Crippen LogP contribution in [0.4, 0.5) is 4.79 Å². The van der Waals surface area contributed by atoms with Gasteiger partial charge in [0.2, 0.25) is 0 Å². The first kappa shape index (κ1) is 29.6. The number of likely N-dealkylation sites (tertiary alicyclic amines) is 1. The number of Topliss-reactive ketones (excluding diaryl/α,β-unsaturated/α-hetero) is 2. The molecule has 1 unspecified atom stereocenters. The van der Waals surface area contributed by atoms with Crippen molar-refractivity contribution in [3.63, 3.8) is 0 Å². The Morgan fingerprint density at radius 3 is 2.05 bits per heavy atom. The summed E-state index contributed by atoms with van der Waals surface area (Å²) in [7, 11) is 0. The van der Waals surface area contributed by atoms with Crippen molar-refractivity contribution < 1.29 is 47.7 Å². The van der Waals surface area contributed by atoms with Crippen LogP contribution in [0.2, 0.25) is 0 Å². The Morgan fingerprint density at radius 2 is 1.49 bits per heavy atom. The molecule has 0 N–H and O–H groups in total. The number of hydrogen-bond acceptors (Lipinski definition) is 10. The maximum Gasteiger partial charge on any atom is 0.411 e. The van der Waals surface area contributed by atoms with E-state index in [1.165, 1.54) is 4.90 Å². The van der Waals surface area contributed by atoms with Gasteiger partial charge in [0, 0.05) is 35.2 Å². The summed E-state index contributed by atoms with van der Waals surface area (Å²) in [6, 6.07) is 8.97. The molecule has 0 bridgehead atoms. The minimum absolute atomic E-state index is 0.215. The summed E-state index contributed by atoms with van der Waals surface area (Å²) < 4.78 is 27.1. The molecule has 2 aliphatic rings. The highest BCUT2D eigenvalue weighted by Gasteiger charge is 2.38. The van der Waals surface area contributed by atoms with Crippen LogP contribution in [0, 0.1) is 0 Å².